The van der Waals surface area contributed by atoms with Crippen molar-refractivity contribution in [1.29, 1.82) is 0 Å². The first-order valence-corrected chi connectivity index (χ1v) is 10.3. The maximum Gasteiger partial charge on any atom is 0.267 e. The molecular weight excluding hydrogens is 415 g/mol. The van der Waals surface area contributed by atoms with Crippen molar-refractivity contribution in [2.45, 2.75) is 4.90 Å². The van der Waals surface area contributed by atoms with E-state index in [-0.39, 0.29) is 15.6 Å². The molecular formula is C21H16ClFN2O3S. The molecule has 3 rings (SSSR count). The van der Waals surface area contributed by atoms with Crippen molar-refractivity contribution >= 4 is 45.0 Å². The minimum absolute atomic E-state index is 0.00845. The molecule has 0 spiro atoms. The molecule has 0 aromatic heterocycles. The van der Waals surface area contributed by atoms with Crippen LogP contribution < -0.4 is 10.0 Å². The Morgan fingerprint density at radius 2 is 1.45 bits per heavy atom. The van der Waals surface area contributed by atoms with Crippen LogP contribution in [0.3, 0.4) is 0 Å². The van der Waals surface area contributed by atoms with E-state index in [1.165, 1.54) is 42.5 Å². The Balaban J connectivity index is 1.68. The van der Waals surface area contributed by atoms with Gasteiger partial charge in [0, 0.05) is 11.4 Å². The Morgan fingerprint density at radius 1 is 0.862 bits per heavy atom. The zero-order valence-corrected chi connectivity index (χ0v) is 16.5. The minimum atomic E-state index is -3.85. The van der Waals surface area contributed by atoms with Crippen LogP contribution in [0, 0.1) is 5.82 Å². The molecule has 3 aromatic carbocycles. The minimum Gasteiger partial charge on any atom is -0.321 e. The molecule has 0 fully saturated rings. The number of amides is 1. The number of carbonyl (C=O) groups is 1. The number of carbonyl (C=O) groups excluding carboxylic acids is 1. The van der Waals surface area contributed by atoms with Crippen molar-refractivity contribution < 1.29 is 17.6 Å². The molecule has 1 amide bonds. The molecule has 0 heterocycles. The Bertz CT molecular complexity index is 1130. The fraction of sp³-hybridized carbons (Fsp3) is 0. The molecule has 0 saturated carbocycles. The van der Waals surface area contributed by atoms with Gasteiger partial charge in [0.25, 0.3) is 15.9 Å². The number of hydrogen-bond donors (Lipinski definition) is 2. The van der Waals surface area contributed by atoms with Gasteiger partial charge in [0.15, 0.2) is 0 Å². The number of hydrogen-bond acceptors (Lipinski definition) is 3. The smallest absolute Gasteiger partial charge is 0.267 e. The first-order valence-electron chi connectivity index (χ1n) is 8.45. The number of halogens is 2. The Morgan fingerprint density at radius 3 is 2.07 bits per heavy atom. The molecule has 8 heteroatoms. The topological polar surface area (TPSA) is 75.3 Å². The molecule has 2 N–H and O–H groups in total. The molecule has 0 aliphatic rings. The van der Waals surface area contributed by atoms with E-state index in [1.54, 1.807) is 0 Å². The lowest BCUT2D eigenvalue weighted by atomic mass is 10.2. The average Bonchev–Trinajstić information content (AvgIpc) is 2.71. The lowest BCUT2D eigenvalue weighted by Crippen LogP contribution is -2.14. The van der Waals surface area contributed by atoms with Crippen molar-refractivity contribution in [3.8, 4) is 0 Å². The molecule has 0 aliphatic carbocycles. The lowest BCUT2D eigenvalue weighted by molar-refractivity contribution is -0.112. The van der Waals surface area contributed by atoms with Gasteiger partial charge in [-0.05, 0) is 60.2 Å². The maximum absolute atomic E-state index is 12.9. The normalized spacial score (nSPS) is 11.7. The third-order valence-electron chi connectivity index (χ3n) is 3.83. The average molecular weight is 431 g/mol. The number of nitrogens with one attached hydrogen (secondary N) is 2. The molecule has 0 saturated heterocycles. The van der Waals surface area contributed by atoms with Gasteiger partial charge in [-0.15, -0.1) is 0 Å². The zero-order chi connectivity index (χ0) is 20.9. The van der Waals surface area contributed by atoms with E-state index >= 15 is 0 Å². The van der Waals surface area contributed by atoms with Gasteiger partial charge in [-0.1, -0.05) is 41.9 Å². The molecule has 148 valence electrons. The van der Waals surface area contributed by atoms with Crippen LogP contribution in [-0.4, -0.2) is 14.3 Å². The van der Waals surface area contributed by atoms with E-state index in [1.807, 2.05) is 30.3 Å². The standard InChI is InChI=1S/C21H16ClFN2O3S/c22-20(14-15-4-2-1-3-5-15)21(26)24-17-10-12-19(13-11-17)29(27,28)25-18-8-6-16(23)7-9-18/h1-14,25H,(H,24,26). The van der Waals surface area contributed by atoms with Crippen molar-refractivity contribution in [2.75, 3.05) is 10.0 Å². The van der Waals surface area contributed by atoms with Crippen molar-refractivity contribution in [2.24, 2.45) is 0 Å². The lowest BCUT2D eigenvalue weighted by Gasteiger charge is -2.09. The van der Waals surface area contributed by atoms with Crippen LogP contribution in [0.1, 0.15) is 5.56 Å². The second kappa shape index (κ2) is 8.89. The quantitative estimate of drug-likeness (QED) is 0.549. The van der Waals surface area contributed by atoms with Crippen LogP contribution in [0.25, 0.3) is 6.08 Å². The number of rotatable bonds is 6. The van der Waals surface area contributed by atoms with E-state index in [9.17, 15) is 17.6 Å². The van der Waals surface area contributed by atoms with Crippen LogP contribution in [0.2, 0.25) is 0 Å². The van der Waals surface area contributed by atoms with Crippen LogP contribution in [0.4, 0.5) is 15.8 Å². The van der Waals surface area contributed by atoms with Crippen LogP contribution >= 0.6 is 11.6 Å². The first kappa shape index (κ1) is 20.6. The highest BCUT2D eigenvalue weighted by Gasteiger charge is 2.15. The summed E-state index contributed by atoms with van der Waals surface area (Å²) in [5.41, 5.74) is 1.40. The summed E-state index contributed by atoms with van der Waals surface area (Å²) in [6.45, 7) is 0. The second-order valence-electron chi connectivity index (χ2n) is 5.99. The number of benzene rings is 3. The second-order valence-corrected chi connectivity index (χ2v) is 8.08. The summed E-state index contributed by atoms with van der Waals surface area (Å²) < 4.78 is 40.1. The van der Waals surface area contributed by atoms with Crippen LogP contribution in [-0.2, 0) is 14.8 Å². The predicted octanol–water partition coefficient (Wildman–Crippen LogP) is 4.84. The van der Waals surface area contributed by atoms with E-state index in [2.05, 4.69) is 10.0 Å². The monoisotopic (exact) mass is 430 g/mol. The van der Waals surface area contributed by atoms with Crippen molar-refractivity contribution in [1.82, 2.24) is 0 Å². The Labute approximate surface area is 172 Å². The van der Waals surface area contributed by atoms with Gasteiger partial charge in [0.05, 0.1) is 4.90 Å². The fourth-order valence-electron chi connectivity index (χ4n) is 2.40. The molecule has 0 aliphatic heterocycles. The summed E-state index contributed by atoms with van der Waals surface area (Å²) >= 11 is 6.04. The molecule has 0 atom stereocenters. The van der Waals surface area contributed by atoms with Crippen molar-refractivity contribution in [3.63, 3.8) is 0 Å². The summed E-state index contributed by atoms with van der Waals surface area (Å²) in [4.78, 5) is 12.2. The highest BCUT2D eigenvalue weighted by Crippen LogP contribution is 2.20. The van der Waals surface area contributed by atoms with E-state index in [0.29, 0.717) is 5.69 Å². The Hall–Kier alpha value is -3.16. The van der Waals surface area contributed by atoms with E-state index < -0.39 is 21.7 Å². The highest BCUT2D eigenvalue weighted by atomic mass is 35.5. The van der Waals surface area contributed by atoms with Gasteiger partial charge in [0.1, 0.15) is 10.8 Å². The van der Waals surface area contributed by atoms with E-state index in [0.717, 1.165) is 17.7 Å². The first-order chi connectivity index (χ1) is 13.8. The Kier molecular flexibility index (Phi) is 6.31. The zero-order valence-electron chi connectivity index (χ0n) is 15.0. The molecule has 0 bridgehead atoms. The predicted molar refractivity (Wildman–Crippen MR) is 113 cm³/mol. The summed E-state index contributed by atoms with van der Waals surface area (Å²) in [5, 5.41) is 2.59. The number of anilines is 2. The maximum atomic E-state index is 12.9. The number of sulfonamides is 1. The summed E-state index contributed by atoms with van der Waals surface area (Å²) in [6, 6.07) is 19.7. The van der Waals surface area contributed by atoms with Crippen molar-refractivity contribution in [3.05, 3.63) is 95.3 Å². The largest absolute Gasteiger partial charge is 0.321 e. The fourth-order valence-corrected chi connectivity index (χ4v) is 3.63. The molecule has 29 heavy (non-hydrogen) atoms. The van der Waals surface area contributed by atoms with E-state index in [4.69, 9.17) is 11.6 Å². The van der Waals surface area contributed by atoms with Gasteiger partial charge < -0.3 is 5.32 Å². The summed E-state index contributed by atoms with van der Waals surface area (Å²) in [7, 11) is -3.85. The summed E-state index contributed by atoms with van der Waals surface area (Å²) in [6.07, 6.45) is 1.53. The van der Waals surface area contributed by atoms with Gasteiger partial charge in [-0.2, -0.15) is 0 Å². The van der Waals surface area contributed by atoms with Gasteiger partial charge in [-0.3, -0.25) is 9.52 Å². The SMILES string of the molecule is O=C(Nc1ccc(S(=O)(=O)Nc2ccc(F)cc2)cc1)C(Cl)=Cc1ccccc1. The summed E-state index contributed by atoms with van der Waals surface area (Å²) in [5.74, 6) is -0.983. The van der Waals surface area contributed by atoms with Gasteiger partial charge in [-0.25, -0.2) is 12.8 Å². The molecule has 0 radical (unpaired) electrons. The molecule has 5 nitrogen and oxygen atoms in total. The van der Waals surface area contributed by atoms with Crippen LogP contribution in [0.5, 0.6) is 0 Å². The molecule has 3 aromatic rings. The van der Waals surface area contributed by atoms with Crippen LogP contribution in [0.15, 0.2) is 88.8 Å². The third-order valence-corrected chi connectivity index (χ3v) is 5.51. The van der Waals surface area contributed by atoms with Gasteiger partial charge in [0.2, 0.25) is 0 Å². The third kappa shape index (κ3) is 5.66. The highest BCUT2D eigenvalue weighted by molar-refractivity contribution is 7.92. The molecule has 0 unspecified atom stereocenters. The van der Waals surface area contributed by atoms with Gasteiger partial charge >= 0.3 is 0 Å².